The quantitative estimate of drug-likeness (QED) is 0.716. The summed E-state index contributed by atoms with van der Waals surface area (Å²) >= 11 is 0. The summed E-state index contributed by atoms with van der Waals surface area (Å²) in [6.07, 6.45) is 0.797. The second-order valence-corrected chi connectivity index (χ2v) is 4.45. The molecule has 0 aliphatic carbocycles. The Balaban J connectivity index is 1.79. The predicted octanol–water partition coefficient (Wildman–Crippen LogP) is 3.93. The van der Waals surface area contributed by atoms with Crippen LogP contribution in [0.5, 0.6) is 5.75 Å². The van der Waals surface area contributed by atoms with Gasteiger partial charge >= 0.3 is 0 Å². The first-order chi connectivity index (χ1) is 9.88. The molecule has 1 heterocycles. The lowest BCUT2D eigenvalue weighted by atomic mass is 10.2. The van der Waals surface area contributed by atoms with Crippen molar-refractivity contribution in [3.8, 4) is 11.8 Å². The van der Waals surface area contributed by atoms with Gasteiger partial charge in [0, 0.05) is 6.42 Å². The fourth-order valence-corrected chi connectivity index (χ4v) is 2.15. The number of para-hydroxylation sites is 1. The zero-order valence-electron chi connectivity index (χ0n) is 10.9. The number of rotatable bonds is 4. The predicted molar refractivity (Wildman–Crippen MR) is 76.6 cm³/mol. The van der Waals surface area contributed by atoms with Crippen LogP contribution in [0.2, 0.25) is 0 Å². The average Bonchev–Trinajstić information content (AvgIpc) is 2.87. The van der Waals surface area contributed by atoms with Crippen LogP contribution in [0, 0.1) is 11.3 Å². The summed E-state index contributed by atoms with van der Waals surface area (Å²) in [5, 5.41) is 9.96. The van der Waals surface area contributed by atoms with E-state index < -0.39 is 0 Å². The van der Waals surface area contributed by atoms with Gasteiger partial charge in [0.1, 0.15) is 11.7 Å². The van der Waals surface area contributed by atoms with E-state index >= 15 is 0 Å². The molecule has 0 atom stereocenters. The summed E-state index contributed by atoms with van der Waals surface area (Å²) in [6.45, 7) is 0.516. The Kier molecular flexibility index (Phi) is 3.38. The lowest BCUT2D eigenvalue weighted by molar-refractivity contribution is 0.319. The minimum atomic E-state index is 0.235. The van der Waals surface area contributed by atoms with Crippen molar-refractivity contribution in [3.05, 3.63) is 65.9 Å². The Morgan fingerprint density at radius 1 is 1.00 bits per heavy atom. The van der Waals surface area contributed by atoms with E-state index in [1.807, 2.05) is 48.5 Å². The van der Waals surface area contributed by atoms with Gasteiger partial charge in [-0.15, -0.1) is 0 Å². The van der Waals surface area contributed by atoms with Gasteiger partial charge < -0.3 is 9.15 Å². The largest absolute Gasteiger partial charge is 0.488 e. The fourth-order valence-electron chi connectivity index (χ4n) is 2.15. The topological polar surface area (TPSA) is 46.2 Å². The molecule has 0 bridgehead atoms. The van der Waals surface area contributed by atoms with Crippen LogP contribution in [-0.2, 0) is 6.42 Å². The van der Waals surface area contributed by atoms with Crippen LogP contribution in [0.4, 0.5) is 0 Å². The Morgan fingerprint density at radius 2 is 1.75 bits per heavy atom. The molecule has 0 aliphatic rings. The highest BCUT2D eigenvalue weighted by Crippen LogP contribution is 2.32. The highest BCUT2D eigenvalue weighted by molar-refractivity contribution is 5.86. The standard InChI is InChI=1S/C17H13NO2/c18-12-16-17(14-8-4-5-9-15(14)20-16)19-11-10-13-6-2-1-3-7-13/h1-9H,10-11H2. The molecule has 98 valence electrons. The molecule has 1 aromatic heterocycles. The number of ether oxygens (including phenoxy) is 1. The first-order valence-corrected chi connectivity index (χ1v) is 6.47. The Labute approximate surface area is 117 Å². The van der Waals surface area contributed by atoms with Gasteiger partial charge in [-0.05, 0) is 17.7 Å². The van der Waals surface area contributed by atoms with Crippen molar-refractivity contribution in [2.24, 2.45) is 0 Å². The fraction of sp³-hybridized carbons (Fsp3) is 0.118. The van der Waals surface area contributed by atoms with Crippen LogP contribution in [0.15, 0.2) is 59.0 Å². The zero-order chi connectivity index (χ0) is 13.8. The number of benzene rings is 2. The molecule has 2 aromatic carbocycles. The summed E-state index contributed by atoms with van der Waals surface area (Å²) in [5.74, 6) is 0.776. The van der Waals surface area contributed by atoms with E-state index in [2.05, 4.69) is 12.1 Å². The molecule has 3 rings (SSSR count). The highest BCUT2D eigenvalue weighted by Gasteiger charge is 2.14. The molecule has 0 radical (unpaired) electrons. The van der Waals surface area contributed by atoms with Crippen molar-refractivity contribution in [1.29, 1.82) is 5.26 Å². The van der Waals surface area contributed by atoms with Crippen molar-refractivity contribution in [1.82, 2.24) is 0 Å². The van der Waals surface area contributed by atoms with Crippen LogP contribution in [0.25, 0.3) is 11.0 Å². The Morgan fingerprint density at radius 3 is 2.55 bits per heavy atom. The molecule has 0 N–H and O–H groups in total. The maximum atomic E-state index is 9.11. The number of nitrogens with zero attached hydrogens (tertiary/aromatic N) is 1. The minimum absolute atomic E-state index is 0.235. The van der Waals surface area contributed by atoms with Gasteiger partial charge in [0.15, 0.2) is 5.75 Å². The third-order valence-corrected chi connectivity index (χ3v) is 3.13. The molecule has 0 saturated heterocycles. The Hall–Kier alpha value is -2.73. The molecule has 3 aromatic rings. The van der Waals surface area contributed by atoms with E-state index in [4.69, 9.17) is 14.4 Å². The molecule has 0 fully saturated rings. The van der Waals surface area contributed by atoms with Crippen molar-refractivity contribution < 1.29 is 9.15 Å². The molecule has 3 heteroatoms. The van der Waals surface area contributed by atoms with Gasteiger partial charge in [0.2, 0.25) is 5.76 Å². The second kappa shape index (κ2) is 5.50. The third-order valence-electron chi connectivity index (χ3n) is 3.13. The molecular weight excluding hydrogens is 250 g/mol. The van der Waals surface area contributed by atoms with E-state index in [0.717, 1.165) is 11.8 Å². The molecule has 0 amide bonds. The van der Waals surface area contributed by atoms with Gasteiger partial charge in [-0.25, -0.2) is 0 Å². The lowest BCUT2D eigenvalue weighted by Gasteiger charge is -2.04. The highest BCUT2D eigenvalue weighted by atomic mass is 16.5. The molecular formula is C17H13NO2. The molecule has 0 aliphatic heterocycles. The van der Waals surface area contributed by atoms with E-state index in [9.17, 15) is 0 Å². The van der Waals surface area contributed by atoms with Crippen molar-refractivity contribution in [3.63, 3.8) is 0 Å². The summed E-state index contributed by atoms with van der Waals surface area (Å²) < 4.78 is 11.2. The van der Waals surface area contributed by atoms with Crippen LogP contribution in [-0.4, -0.2) is 6.61 Å². The number of nitriles is 1. The van der Waals surface area contributed by atoms with Crippen LogP contribution in [0.3, 0.4) is 0 Å². The maximum Gasteiger partial charge on any atom is 0.246 e. The first-order valence-electron chi connectivity index (χ1n) is 6.47. The van der Waals surface area contributed by atoms with Crippen LogP contribution < -0.4 is 4.74 Å². The summed E-state index contributed by atoms with van der Waals surface area (Å²) in [5.41, 5.74) is 1.89. The van der Waals surface area contributed by atoms with E-state index in [1.165, 1.54) is 5.56 Å². The summed E-state index contributed by atoms with van der Waals surface area (Å²) in [7, 11) is 0. The number of hydrogen-bond donors (Lipinski definition) is 0. The van der Waals surface area contributed by atoms with Gasteiger partial charge in [0.05, 0.1) is 12.0 Å². The van der Waals surface area contributed by atoms with Gasteiger partial charge in [-0.1, -0.05) is 42.5 Å². The number of furan rings is 1. The van der Waals surface area contributed by atoms with Gasteiger partial charge in [-0.3, -0.25) is 0 Å². The summed E-state index contributed by atoms with van der Waals surface area (Å²) in [6, 6.07) is 19.7. The number of fused-ring (bicyclic) bond motifs is 1. The zero-order valence-corrected chi connectivity index (χ0v) is 10.9. The Bertz CT molecular complexity index is 754. The normalized spacial score (nSPS) is 10.3. The average molecular weight is 263 g/mol. The monoisotopic (exact) mass is 263 g/mol. The lowest BCUT2D eigenvalue weighted by Crippen LogP contribution is -2.01. The SMILES string of the molecule is N#Cc1oc2ccccc2c1OCCc1ccccc1. The second-order valence-electron chi connectivity index (χ2n) is 4.45. The van der Waals surface area contributed by atoms with Crippen LogP contribution >= 0.6 is 0 Å². The maximum absolute atomic E-state index is 9.11. The van der Waals surface area contributed by atoms with Crippen molar-refractivity contribution in [2.75, 3.05) is 6.61 Å². The molecule has 0 saturated carbocycles. The van der Waals surface area contributed by atoms with E-state index in [0.29, 0.717) is 17.9 Å². The minimum Gasteiger partial charge on any atom is -0.488 e. The van der Waals surface area contributed by atoms with Crippen molar-refractivity contribution in [2.45, 2.75) is 6.42 Å². The van der Waals surface area contributed by atoms with Gasteiger partial charge in [0.25, 0.3) is 0 Å². The third kappa shape index (κ3) is 2.36. The van der Waals surface area contributed by atoms with Crippen molar-refractivity contribution >= 4 is 11.0 Å². The molecule has 20 heavy (non-hydrogen) atoms. The van der Waals surface area contributed by atoms with Gasteiger partial charge in [-0.2, -0.15) is 5.26 Å². The number of hydrogen-bond acceptors (Lipinski definition) is 3. The summed E-state index contributed by atoms with van der Waals surface area (Å²) in [4.78, 5) is 0. The van der Waals surface area contributed by atoms with Crippen LogP contribution in [0.1, 0.15) is 11.3 Å². The molecule has 0 unspecified atom stereocenters. The smallest absolute Gasteiger partial charge is 0.246 e. The molecule has 0 spiro atoms. The van der Waals surface area contributed by atoms with E-state index in [-0.39, 0.29) is 5.76 Å². The first kappa shape index (κ1) is 12.3. The molecule has 3 nitrogen and oxygen atoms in total. The van der Waals surface area contributed by atoms with E-state index in [1.54, 1.807) is 0 Å².